The van der Waals surface area contributed by atoms with Crippen molar-refractivity contribution in [3.05, 3.63) is 54.6 Å². The topological polar surface area (TPSA) is 52.6 Å². The number of allylic oxidation sites excluding steroid dienone is 1. The molecule has 0 aliphatic rings. The third kappa shape index (κ3) is 6.96. The first-order valence-corrected chi connectivity index (χ1v) is 7.69. The summed E-state index contributed by atoms with van der Waals surface area (Å²) in [6.45, 7) is 8.88. The van der Waals surface area contributed by atoms with E-state index < -0.39 is 18.0 Å². The number of hydrogen-bond acceptors (Lipinski definition) is 4. The molecule has 0 amide bonds. The fourth-order valence-electron chi connectivity index (χ4n) is 2.01. The van der Waals surface area contributed by atoms with Crippen LogP contribution < -0.4 is 0 Å². The number of carbonyl (C=O) groups is 2. The second-order valence-corrected chi connectivity index (χ2v) is 5.50. The molecule has 0 bridgehead atoms. The Balaban J connectivity index is 2.64. The molecule has 2 atom stereocenters. The van der Waals surface area contributed by atoms with Gasteiger partial charge in [0, 0.05) is 6.08 Å². The Morgan fingerprint density at radius 2 is 1.78 bits per heavy atom. The van der Waals surface area contributed by atoms with Crippen LogP contribution in [0.1, 0.15) is 32.8 Å². The molecule has 2 unspecified atom stereocenters. The first kappa shape index (κ1) is 18.7. The number of esters is 2. The van der Waals surface area contributed by atoms with E-state index >= 15 is 0 Å². The van der Waals surface area contributed by atoms with Gasteiger partial charge < -0.3 is 9.47 Å². The summed E-state index contributed by atoms with van der Waals surface area (Å²) in [4.78, 5) is 24.0. The normalized spacial score (nSPS) is 13.6. The Morgan fingerprint density at radius 1 is 1.13 bits per heavy atom. The zero-order valence-corrected chi connectivity index (χ0v) is 13.9. The maximum atomic E-state index is 12.1. The highest BCUT2D eigenvalue weighted by atomic mass is 16.6. The number of ether oxygens (including phenoxy) is 2. The van der Waals surface area contributed by atoms with Gasteiger partial charge in [0.2, 0.25) is 0 Å². The van der Waals surface area contributed by atoms with E-state index in [1.165, 1.54) is 6.08 Å². The molecule has 0 radical (unpaired) electrons. The fraction of sp³-hybridized carbons (Fsp3) is 0.368. The molecule has 1 aromatic carbocycles. The molecule has 0 saturated carbocycles. The Morgan fingerprint density at radius 3 is 2.35 bits per heavy atom. The van der Waals surface area contributed by atoms with Crippen molar-refractivity contribution in [2.75, 3.05) is 0 Å². The summed E-state index contributed by atoms with van der Waals surface area (Å²) in [6.07, 6.45) is 4.23. The first-order chi connectivity index (χ1) is 10.9. The molecular weight excluding hydrogens is 292 g/mol. The second kappa shape index (κ2) is 9.62. The quantitative estimate of drug-likeness (QED) is 0.416. The molecule has 0 aromatic heterocycles. The molecule has 1 aromatic rings. The van der Waals surface area contributed by atoms with Crippen LogP contribution in [0.5, 0.6) is 0 Å². The van der Waals surface area contributed by atoms with Crippen LogP contribution in [0.4, 0.5) is 0 Å². The minimum atomic E-state index is -0.591. The smallest absolute Gasteiger partial charge is 0.331 e. The van der Waals surface area contributed by atoms with Gasteiger partial charge in [0.15, 0.2) is 0 Å². The Labute approximate surface area is 137 Å². The van der Waals surface area contributed by atoms with Gasteiger partial charge in [-0.2, -0.15) is 0 Å². The van der Waals surface area contributed by atoms with E-state index in [1.807, 2.05) is 30.3 Å². The van der Waals surface area contributed by atoms with Gasteiger partial charge in [0.05, 0.1) is 12.0 Å². The van der Waals surface area contributed by atoms with Crippen LogP contribution in [0.2, 0.25) is 0 Å². The number of rotatable bonds is 8. The molecule has 1 rings (SSSR count). The van der Waals surface area contributed by atoms with Crippen LogP contribution in [0.3, 0.4) is 0 Å². The summed E-state index contributed by atoms with van der Waals surface area (Å²) in [5.41, 5.74) is 0.902. The van der Waals surface area contributed by atoms with Crippen LogP contribution in [-0.4, -0.2) is 24.1 Å². The number of carbonyl (C=O) groups excluding carboxylic acids is 2. The van der Waals surface area contributed by atoms with E-state index in [9.17, 15) is 9.59 Å². The molecule has 0 aliphatic heterocycles. The highest BCUT2D eigenvalue weighted by Gasteiger charge is 2.28. The number of benzene rings is 1. The lowest BCUT2D eigenvalue weighted by Crippen LogP contribution is -2.32. The van der Waals surface area contributed by atoms with E-state index in [1.54, 1.807) is 32.9 Å². The molecule has 4 nitrogen and oxygen atoms in total. The van der Waals surface area contributed by atoms with Gasteiger partial charge in [-0.15, -0.1) is 6.58 Å². The van der Waals surface area contributed by atoms with Crippen LogP contribution >= 0.6 is 0 Å². The van der Waals surface area contributed by atoms with Gasteiger partial charge >= 0.3 is 11.9 Å². The minimum absolute atomic E-state index is 0.212. The van der Waals surface area contributed by atoms with E-state index in [0.717, 1.165) is 5.56 Å². The van der Waals surface area contributed by atoms with Crippen molar-refractivity contribution in [1.82, 2.24) is 0 Å². The van der Waals surface area contributed by atoms with Crippen molar-refractivity contribution in [1.29, 1.82) is 0 Å². The van der Waals surface area contributed by atoms with E-state index in [0.29, 0.717) is 6.42 Å². The van der Waals surface area contributed by atoms with Gasteiger partial charge in [-0.1, -0.05) is 36.4 Å². The van der Waals surface area contributed by atoms with Crippen LogP contribution in [0.25, 0.3) is 6.08 Å². The monoisotopic (exact) mass is 316 g/mol. The molecule has 0 spiro atoms. The summed E-state index contributed by atoms with van der Waals surface area (Å²) >= 11 is 0. The fourth-order valence-corrected chi connectivity index (χ4v) is 2.01. The average Bonchev–Trinajstić information content (AvgIpc) is 2.50. The average molecular weight is 316 g/mol. The largest absolute Gasteiger partial charge is 0.463 e. The predicted octanol–water partition coefficient (Wildman–Crippen LogP) is 3.78. The summed E-state index contributed by atoms with van der Waals surface area (Å²) in [6, 6.07) is 9.44. The van der Waals surface area contributed by atoms with E-state index in [4.69, 9.17) is 9.47 Å². The van der Waals surface area contributed by atoms with Gasteiger partial charge in [-0.3, -0.25) is 4.79 Å². The van der Waals surface area contributed by atoms with Gasteiger partial charge in [-0.05, 0) is 38.8 Å². The van der Waals surface area contributed by atoms with Gasteiger partial charge in [0.1, 0.15) is 6.10 Å². The molecule has 0 heterocycles. The maximum Gasteiger partial charge on any atom is 0.331 e. The van der Waals surface area contributed by atoms with Crippen molar-refractivity contribution in [2.24, 2.45) is 5.92 Å². The zero-order valence-electron chi connectivity index (χ0n) is 13.9. The lowest BCUT2D eigenvalue weighted by atomic mass is 10.00. The van der Waals surface area contributed by atoms with Crippen molar-refractivity contribution in [2.45, 2.75) is 39.4 Å². The Kier molecular flexibility index (Phi) is 7.81. The van der Waals surface area contributed by atoms with Crippen molar-refractivity contribution < 1.29 is 19.1 Å². The van der Waals surface area contributed by atoms with Crippen molar-refractivity contribution >= 4 is 18.0 Å². The summed E-state index contributed by atoms with van der Waals surface area (Å²) in [7, 11) is 0. The highest BCUT2D eigenvalue weighted by Crippen LogP contribution is 2.17. The van der Waals surface area contributed by atoms with E-state index in [-0.39, 0.29) is 12.1 Å². The molecule has 0 N–H and O–H groups in total. The molecule has 23 heavy (non-hydrogen) atoms. The summed E-state index contributed by atoms with van der Waals surface area (Å²) in [5, 5.41) is 0. The molecule has 124 valence electrons. The predicted molar refractivity (Wildman–Crippen MR) is 90.6 cm³/mol. The highest BCUT2D eigenvalue weighted by molar-refractivity contribution is 5.87. The lowest BCUT2D eigenvalue weighted by molar-refractivity contribution is -0.160. The lowest BCUT2D eigenvalue weighted by Gasteiger charge is -2.22. The van der Waals surface area contributed by atoms with Crippen LogP contribution in [0.15, 0.2) is 49.1 Å². The summed E-state index contributed by atoms with van der Waals surface area (Å²) in [5.74, 6) is -1.43. The van der Waals surface area contributed by atoms with Crippen LogP contribution in [-0.2, 0) is 19.1 Å². The third-order valence-electron chi connectivity index (χ3n) is 3.16. The van der Waals surface area contributed by atoms with Gasteiger partial charge in [0.25, 0.3) is 0 Å². The summed E-state index contributed by atoms with van der Waals surface area (Å²) < 4.78 is 10.5. The standard InChI is InChI=1S/C19H24O4/c1-5-9-17(19(21)22-14(2)3)15(4)23-18(20)13-12-16-10-7-6-8-11-16/h5-8,10-15,17H,1,9H2,2-4H3. The van der Waals surface area contributed by atoms with E-state index in [2.05, 4.69) is 6.58 Å². The maximum absolute atomic E-state index is 12.1. The zero-order chi connectivity index (χ0) is 17.2. The second-order valence-electron chi connectivity index (χ2n) is 5.50. The molecule has 0 fully saturated rings. The molecule has 0 saturated heterocycles. The number of hydrogen-bond donors (Lipinski definition) is 0. The minimum Gasteiger partial charge on any atom is -0.463 e. The van der Waals surface area contributed by atoms with Gasteiger partial charge in [-0.25, -0.2) is 4.79 Å². The third-order valence-corrected chi connectivity index (χ3v) is 3.16. The first-order valence-electron chi connectivity index (χ1n) is 7.69. The van der Waals surface area contributed by atoms with Crippen molar-refractivity contribution in [3.63, 3.8) is 0 Å². The Bertz CT molecular complexity index is 546. The SMILES string of the molecule is C=CCC(C(=O)OC(C)C)C(C)OC(=O)C=Cc1ccccc1. The molecule has 4 heteroatoms. The molecular formula is C19H24O4. The van der Waals surface area contributed by atoms with Crippen molar-refractivity contribution in [3.8, 4) is 0 Å². The Hall–Kier alpha value is -2.36. The molecule has 0 aliphatic carbocycles. The van der Waals surface area contributed by atoms with Crippen LogP contribution in [0, 0.1) is 5.92 Å².